The van der Waals surface area contributed by atoms with Gasteiger partial charge in [0, 0.05) is 24.8 Å². The van der Waals surface area contributed by atoms with Crippen molar-refractivity contribution in [2.75, 3.05) is 24.5 Å². The molecule has 1 fully saturated rings. The Hall–Kier alpha value is -0.610. The second kappa shape index (κ2) is 5.15. The van der Waals surface area contributed by atoms with Gasteiger partial charge < -0.3 is 10.2 Å². The number of benzene rings is 1. The molecule has 0 saturated carbocycles. The number of anilines is 1. The highest BCUT2D eigenvalue weighted by Gasteiger charge is 2.15. The maximum atomic E-state index is 13.1. The van der Waals surface area contributed by atoms with Gasteiger partial charge in [-0.1, -0.05) is 0 Å². The van der Waals surface area contributed by atoms with Crippen molar-refractivity contribution in [2.24, 2.45) is 0 Å². The molecule has 0 spiro atoms. The van der Waals surface area contributed by atoms with E-state index in [1.165, 1.54) is 6.07 Å². The molecule has 1 aromatic rings. The molecular formula is C12H16BrFN2. The third-order valence-electron chi connectivity index (χ3n) is 2.86. The molecule has 1 aliphatic rings. The molecule has 0 amide bonds. The van der Waals surface area contributed by atoms with Gasteiger partial charge in [0.25, 0.3) is 0 Å². The maximum Gasteiger partial charge on any atom is 0.137 e. The second-order valence-electron chi connectivity index (χ2n) is 4.25. The van der Waals surface area contributed by atoms with Crippen molar-refractivity contribution in [3.8, 4) is 0 Å². The van der Waals surface area contributed by atoms with Crippen LogP contribution in [0, 0.1) is 5.82 Å². The summed E-state index contributed by atoms with van der Waals surface area (Å²) in [6.07, 6.45) is 1.12. The van der Waals surface area contributed by atoms with Crippen LogP contribution in [0.15, 0.2) is 22.7 Å². The summed E-state index contributed by atoms with van der Waals surface area (Å²) in [5.74, 6) is -0.204. The number of rotatable bonds is 1. The van der Waals surface area contributed by atoms with E-state index >= 15 is 0 Å². The van der Waals surface area contributed by atoms with E-state index in [4.69, 9.17) is 0 Å². The monoisotopic (exact) mass is 286 g/mol. The Bertz CT molecular complexity index is 370. The lowest BCUT2D eigenvalue weighted by atomic mass is 10.2. The topological polar surface area (TPSA) is 15.3 Å². The molecular weight excluding hydrogens is 271 g/mol. The van der Waals surface area contributed by atoms with Crippen LogP contribution >= 0.6 is 15.9 Å². The minimum absolute atomic E-state index is 0.204. The summed E-state index contributed by atoms with van der Waals surface area (Å²) in [4.78, 5) is 2.30. The third kappa shape index (κ3) is 2.74. The summed E-state index contributed by atoms with van der Waals surface area (Å²) in [5, 5.41) is 3.44. The molecule has 1 unspecified atom stereocenters. The summed E-state index contributed by atoms with van der Waals surface area (Å²) < 4.78 is 13.7. The van der Waals surface area contributed by atoms with Crippen LogP contribution in [-0.4, -0.2) is 25.7 Å². The molecule has 1 heterocycles. The normalized spacial score (nSPS) is 21.9. The van der Waals surface area contributed by atoms with Crippen LogP contribution in [0.1, 0.15) is 13.3 Å². The Labute approximate surface area is 104 Å². The van der Waals surface area contributed by atoms with Crippen LogP contribution < -0.4 is 10.2 Å². The fraction of sp³-hybridized carbons (Fsp3) is 0.500. The van der Waals surface area contributed by atoms with Crippen molar-refractivity contribution >= 4 is 21.6 Å². The lowest BCUT2D eigenvalue weighted by molar-refractivity contribution is 0.584. The predicted octanol–water partition coefficient (Wildman–Crippen LogP) is 2.78. The molecule has 2 rings (SSSR count). The molecule has 4 heteroatoms. The minimum atomic E-state index is -0.204. The Balaban J connectivity index is 2.18. The van der Waals surface area contributed by atoms with Gasteiger partial charge in [0.1, 0.15) is 5.82 Å². The Morgan fingerprint density at radius 3 is 3.06 bits per heavy atom. The van der Waals surface area contributed by atoms with Crippen LogP contribution in [0.2, 0.25) is 0 Å². The number of hydrogen-bond acceptors (Lipinski definition) is 2. The zero-order valence-corrected chi connectivity index (χ0v) is 10.9. The van der Waals surface area contributed by atoms with E-state index in [9.17, 15) is 4.39 Å². The fourth-order valence-corrected chi connectivity index (χ4v) is 2.39. The summed E-state index contributed by atoms with van der Waals surface area (Å²) in [6.45, 7) is 5.23. The van der Waals surface area contributed by atoms with Crippen LogP contribution in [-0.2, 0) is 0 Å². The highest BCUT2D eigenvalue weighted by Crippen LogP contribution is 2.23. The van der Waals surface area contributed by atoms with Gasteiger partial charge >= 0.3 is 0 Å². The average molecular weight is 287 g/mol. The van der Waals surface area contributed by atoms with E-state index in [0.29, 0.717) is 10.5 Å². The Kier molecular flexibility index (Phi) is 3.82. The molecule has 1 saturated heterocycles. The molecule has 1 N–H and O–H groups in total. The quantitative estimate of drug-likeness (QED) is 0.854. The molecule has 0 bridgehead atoms. The van der Waals surface area contributed by atoms with E-state index in [-0.39, 0.29) is 5.82 Å². The van der Waals surface area contributed by atoms with E-state index < -0.39 is 0 Å². The van der Waals surface area contributed by atoms with Crippen molar-refractivity contribution < 1.29 is 4.39 Å². The standard InChI is InChI=1S/C12H16BrFN2/c1-9-8-16(6-2-5-15-9)10-3-4-12(14)11(13)7-10/h3-4,7,9,15H,2,5-6,8H2,1H3. The van der Waals surface area contributed by atoms with Crippen LogP contribution in [0.4, 0.5) is 10.1 Å². The molecule has 1 atom stereocenters. The van der Waals surface area contributed by atoms with Gasteiger partial charge in [0.2, 0.25) is 0 Å². The number of hydrogen-bond donors (Lipinski definition) is 1. The van der Waals surface area contributed by atoms with Gasteiger partial charge in [0.15, 0.2) is 0 Å². The maximum absolute atomic E-state index is 13.1. The van der Waals surface area contributed by atoms with Crippen molar-refractivity contribution in [3.05, 3.63) is 28.5 Å². The molecule has 0 aliphatic carbocycles. The van der Waals surface area contributed by atoms with Crippen molar-refractivity contribution in [1.82, 2.24) is 5.32 Å². The lowest BCUT2D eigenvalue weighted by Crippen LogP contribution is -2.35. The van der Waals surface area contributed by atoms with Gasteiger partial charge in [0.05, 0.1) is 4.47 Å². The van der Waals surface area contributed by atoms with E-state index in [0.717, 1.165) is 31.7 Å². The van der Waals surface area contributed by atoms with E-state index in [1.54, 1.807) is 0 Å². The molecule has 0 aromatic heterocycles. The molecule has 88 valence electrons. The van der Waals surface area contributed by atoms with Crippen LogP contribution in [0.25, 0.3) is 0 Å². The largest absolute Gasteiger partial charge is 0.370 e. The molecule has 1 aromatic carbocycles. The van der Waals surface area contributed by atoms with Gasteiger partial charge in [-0.3, -0.25) is 0 Å². The molecule has 16 heavy (non-hydrogen) atoms. The zero-order chi connectivity index (χ0) is 11.5. The van der Waals surface area contributed by atoms with Gasteiger partial charge in [-0.25, -0.2) is 4.39 Å². The average Bonchev–Trinajstić information content (AvgIpc) is 2.47. The lowest BCUT2D eigenvalue weighted by Gasteiger charge is -2.25. The van der Waals surface area contributed by atoms with Gasteiger partial charge in [-0.05, 0) is 54.0 Å². The highest BCUT2D eigenvalue weighted by molar-refractivity contribution is 9.10. The summed E-state index contributed by atoms with van der Waals surface area (Å²) in [7, 11) is 0. The third-order valence-corrected chi connectivity index (χ3v) is 3.47. The van der Waals surface area contributed by atoms with Crippen LogP contribution in [0.5, 0.6) is 0 Å². The number of nitrogens with one attached hydrogen (secondary N) is 1. The van der Waals surface area contributed by atoms with Crippen LogP contribution in [0.3, 0.4) is 0 Å². The first-order valence-electron chi connectivity index (χ1n) is 5.60. The van der Waals surface area contributed by atoms with E-state index in [1.807, 2.05) is 12.1 Å². The van der Waals surface area contributed by atoms with Gasteiger partial charge in [-0.15, -0.1) is 0 Å². The highest BCUT2D eigenvalue weighted by atomic mass is 79.9. The SMILES string of the molecule is CC1CN(c2ccc(F)c(Br)c2)CCCN1. The summed E-state index contributed by atoms with van der Waals surface area (Å²) in [6, 6.07) is 5.69. The predicted molar refractivity (Wildman–Crippen MR) is 68.4 cm³/mol. The zero-order valence-electron chi connectivity index (χ0n) is 9.34. The summed E-state index contributed by atoms with van der Waals surface area (Å²) >= 11 is 3.23. The van der Waals surface area contributed by atoms with Gasteiger partial charge in [-0.2, -0.15) is 0 Å². The number of nitrogens with zero attached hydrogens (tertiary/aromatic N) is 1. The van der Waals surface area contributed by atoms with E-state index in [2.05, 4.69) is 33.1 Å². The molecule has 2 nitrogen and oxygen atoms in total. The Morgan fingerprint density at radius 1 is 1.50 bits per heavy atom. The summed E-state index contributed by atoms with van der Waals surface area (Å²) in [5.41, 5.74) is 1.09. The first-order valence-corrected chi connectivity index (χ1v) is 6.39. The number of halogens is 2. The smallest absolute Gasteiger partial charge is 0.137 e. The molecule has 0 radical (unpaired) electrons. The first-order chi connectivity index (χ1) is 7.66. The van der Waals surface area contributed by atoms with Crippen molar-refractivity contribution in [2.45, 2.75) is 19.4 Å². The van der Waals surface area contributed by atoms with Crippen molar-refractivity contribution in [1.29, 1.82) is 0 Å². The van der Waals surface area contributed by atoms with Crippen molar-refractivity contribution in [3.63, 3.8) is 0 Å². The first kappa shape index (κ1) is 11.9. The second-order valence-corrected chi connectivity index (χ2v) is 5.11. The molecule has 1 aliphatic heterocycles. The minimum Gasteiger partial charge on any atom is -0.370 e. The fourth-order valence-electron chi connectivity index (χ4n) is 2.02. The Morgan fingerprint density at radius 2 is 2.31 bits per heavy atom.